The van der Waals surface area contributed by atoms with Crippen molar-refractivity contribution in [3.05, 3.63) is 78.2 Å². The molecule has 1 aromatic carbocycles. The van der Waals surface area contributed by atoms with Crippen LogP contribution in [0.25, 0.3) is 0 Å². The zero-order chi connectivity index (χ0) is 19.1. The predicted octanol–water partition coefficient (Wildman–Crippen LogP) is 4.48. The standard InChI is InChI=1S/C21H22N4OS/c1-3-25(2)19-9-5-4-7-16(19)15-27-21-18(8-6-12-23-21)20(26)24-17-10-13-22-14-11-17/h4-14H,3,15H2,1-2H3,(H,22,24,26). The van der Waals surface area contributed by atoms with Crippen LogP contribution in [0.1, 0.15) is 22.8 Å². The number of nitrogens with zero attached hydrogens (tertiary/aromatic N) is 3. The van der Waals surface area contributed by atoms with Gasteiger partial charge in [0.2, 0.25) is 0 Å². The highest BCUT2D eigenvalue weighted by molar-refractivity contribution is 7.98. The molecule has 0 fully saturated rings. The van der Waals surface area contributed by atoms with Crippen LogP contribution in [-0.4, -0.2) is 29.5 Å². The maximum Gasteiger partial charge on any atom is 0.258 e. The van der Waals surface area contributed by atoms with Crippen molar-refractivity contribution in [3.8, 4) is 0 Å². The molecule has 5 nitrogen and oxygen atoms in total. The van der Waals surface area contributed by atoms with E-state index in [1.54, 1.807) is 54.6 Å². The van der Waals surface area contributed by atoms with E-state index in [1.807, 2.05) is 12.1 Å². The molecule has 1 N–H and O–H groups in total. The van der Waals surface area contributed by atoms with E-state index in [0.29, 0.717) is 11.3 Å². The fourth-order valence-corrected chi connectivity index (χ4v) is 3.62. The number of para-hydroxylation sites is 1. The summed E-state index contributed by atoms with van der Waals surface area (Å²) >= 11 is 1.57. The summed E-state index contributed by atoms with van der Waals surface area (Å²) in [5, 5.41) is 3.62. The van der Waals surface area contributed by atoms with Crippen LogP contribution in [0.3, 0.4) is 0 Å². The second kappa shape index (κ2) is 9.19. The minimum Gasteiger partial charge on any atom is -0.375 e. The number of rotatable bonds is 7. The van der Waals surface area contributed by atoms with E-state index in [0.717, 1.165) is 17.3 Å². The van der Waals surface area contributed by atoms with Crippen molar-refractivity contribution in [2.45, 2.75) is 17.7 Å². The third kappa shape index (κ3) is 4.86. The number of hydrogen-bond donors (Lipinski definition) is 1. The molecule has 0 aliphatic carbocycles. The summed E-state index contributed by atoms with van der Waals surface area (Å²) in [5.41, 5.74) is 3.70. The first-order chi connectivity index (χ1) is 13.2. The summed E-state index contributed by atoms with van der Waals surface area (Å²) in [5.74, 6) is 0.573. The van der Waals surface area contributed by atoms with Crippen molar-refractivity contribution in [1.29, 1.82) is 0 Å². The molecule has 0 unspecified atom stereocenters. The molecule has 0 saturated carbocycles. The number of thioether (sulfide) groups is 1. The minimum atomic E-state index is -0.171. The van der Waals surface area contributed by atoms with Crippen LogP contribution in [0, 0.1) is 0 Å². The van der Waals surface area contributed by atoms with E-state index in [4.69, 9.17) is 0 Å². The topological polar surface area (TPSA) is 58.1 Å². The molecule has 0 spiro atoms. The van der Waals surface area contributed by atoms with Crippen LogP contribution in [0.4, 0.5) is 11.4 Å². The molecule has 1 amide bonds. The molecule has 2 aromatic heterocycles. The molecular weight excluding hydrogens is 356 g/mol. The number of benzene rings is 1. The van der Waals surface area contributed by atoms with Crippen LogP contribution in [0.15, 0.2) is 72.1 Å². The molecule has 3 aromatic rings. The van der Waals surface area contributed by atoms with Gasteiger partial charge in [-0.3, -0.25) is 9.78 Å². The SMILES string of the molecule is CCN(C)c1ccccc1CSc1ncccc1C(=O)Nc1ccncc1. The van der Waals surface area contributed by atoms with Gasteiger partial charge in [-0.05, 0) is 42.8 Å². The molecule has 0 aliphatic heterocycles. The van der Waals surface area contributed by atoms with Crippen LogP contribution in [0.5, 0.6) is 0 Å². The highest BCUT2D eigenvalue weighted by Gasteiger charge is 2.14. The lowest BCUT2D eigenvalue weighted by atomic mass is 10.2. The second-order valence-corrected chi connectivity index (χ2v) is 6.94. The van der Waals surface area contributed by atoms with Crippen LogP contribution in [-0.2, 0) is 5.75 Å². The van der Waals surface area contributed by atoms with Gasteiger partial charge in [0.1, 0.15) is 5.03 Å². The maximum absolute atomic E-state index is 12.7. The number of amides is 1. The largest absolute Gasteiger partial charge is 0.375 e. The molecule has 6 heteroatoms. The van der Waals surface area contributed by atoms with Crippen molar-refractivity contribution >= 4 is 29.0 Å². The number of pyridine rings is 2. The number of anilines is 2. The zero-order valence-corrected chi connectivity index (χ0v) is 16.2. The first-order valence-corrected chi connectivity index (χ1v) is 9.76. The number of aromatic nitrogens is 2. The normalized spacial score (nSPS) is 10.4. The maximum atomic E-state index is 12.7. The number of carbonyl (C=O) groups excluding carboxylic acids is 1. The Morgan fingerprint density at radius 1 is 1.07 bits per heavy atom. The fraction of sp³-hybridized carbons (Fsp3) is 0.190. The third-order valence-corrected chi connectivity index (χ3v) is 5.25. The first-order valence-electron chi connectivity index (χ1n) is 8.77. The van der Waals surface area contributed by atoms with Gasteiger partial charge in [0, 0.05) is 49.3 Å². The lowest BCUT2D eigenvalue weighted by molar-refractivity contribution is 0.102. The lowest BCUT2D eigenvalue weighted by Gasteiger charge is -2.20. The zero-order valence-electron chi connectivity index (χ0n) is 15.4. The molecule has 3 rings (SSSR count). The van der Waals surface area contributed by atoms with E-state index >= 15 is 0 Å². The van der Waals surface area contributed by atoms with Gasteiger partial charge in [-0.2, -0.15) is 0 Å². The monoisotopic (exact) mass is 378 g/mol. The molecule has 0 aliphatic rings. The van der Waals surface area contributed by atoms with Gasteiger partial charge in [0.15, 0.2) is 0 Å². The number of carbonyl (C=O) groups is 1. The molecule has 0 saturated heterocycles. The molecular formula is C21H22N4OS. The van der Waals surface area contributed by atoms with Crippen molar-refractivity contribution in [1.82, 2.24) is 9.97 Å². The Bertz CT molecular complexity index is 901. The van der Waals surface area contributed by atoms with Crippen molar-refractivity contribution in [2.24, 2.45) is 0 Å². The minimum absolute atomic E-state index is 0.171. The molecule has 27 heavy (non-hydrogen) atoms. The Morgan fingerprint density at radius 2 is 1.85 bits per heavy atom. The van der Waals surface area contributed by atoms with Gasteiger partial charge < -0.3 is 10.2 Å². The molecule has 0 bridgehead atoms. The van der Waals surface area contributed by atoms with Gasteiger partial charge in [-0.25, -0.2) is 4.98 Å². The quantitative estimate of drug-likeness (QED) is 0.615. The van der Waals surface area contributed by atoms with Crippen LogP contribution >= 0.6 is 11.8 Å². The van der Waals surface area contributed by atoms with Crippen molar-refractivity contribution in [2.75, 3.05) is 23.8 Å². The van der Waals surface area contributed by atoms with E-state index in [2.05, 4.69) is 46.3 Å². The van der Waals surface area contributed by atoms with Gasteiger partial charge in [0.05, 0.1) is 5.56 Å². The summed E-state index contributed by atoms with van der Waals surface area (Å²) in [4.78, 5) is 23.3. The molecule has 138 valence electrons. The third-order valence-electron chi connectivity index (χ3n) is 4.20. The Morgan fingerprint density at radius 3 is 2.63 bits per heavy atom. The van der Waals surface area contributed by atoms with Gasteiger partial charge in [0.25, 0.3) is 5.91 Å². The molecule has 0 radical (unpaired) electrons. The summed E-state index contributed by atoms with van der Waals surface area (Å²) in [6.07, 6.45) is 5.01. The Hall–Kier alpha value is -2.86. The number of nitrogens with one attached hydrogen (secondary N) is 1. The fourth-order valence-electron chi connectivity index (χ4n) is 2.63. The van der Waals surface area contributed by atoms with Gasteiger partial charge in [-0.15, -0.1) is 11.8 Å². The average molecular weight is 379 g/mol. The van der Waals surface area contributed by atoms with Crippen LogP contribution < -0.4 is 10.2 Å². The van der Waals surface area contributed by atoms with Crippen molar-refractivity contribution in [3.63, 3.8) is 0 Å². The van der Waals surface area contributed by atoms with Crippen LogP contribution in [0.2, 0.25) is 0 Å². The van der Waals surface area contributed by atoms with E-state index in [1.165, 1.54) is 11.3 Å². The summed E-state index contributed by atoms with van der Waals surface area (Å²) in [6, 6.07) is 15.4. The summed E-state index contributed by atoms with van der Waals surface area (Å²) < 4.78 is 0. The smallest absolute Gasteiger partial charge is 0.258 e. The van der Waals surface area contributed by atoms with Gasteiger partial charge >= 0.3 is 0 Å². The molecule has 0 atom stereocenters. The Kier molecular flexibility index (Phi) is 6.44. The van der Waals surface area contributed by atoms with E-state index in [9.17, 15) is 4.79 Å². The average Bonchev–Trinajstić information content (AvgIpc) is 2.73. The number of hydrogen-bond acceptors (Lipinski definition) is 5. The highest BCUT2D eigenvalue weighted by Crippen LogP contribution is 2.29. The Labute approximate surface area is 163 Å². The highest BCUT2D eigenvalue weighted by atomic mass is 32.2. The predicted molar refractivity (Wildman–Crippen MR) is 111 cm³/mol. The van der Waals surface area contributed by atoms with Crippen molar-refractivity contribution < 1.29 is 4.79 Å². The van der Waals surface area contributed by atoms with Gasteiger partial charge in [-0.1, -0.05) is 18.2 Å². The summed E-state index contributed by atoms with van der Waals surface area (Å²) in [6.45, 7) is 3.06. The molecule has 2 heterocycles. The first kappa shape index (κ1) is 18.9. The van der Waals surface area contributed by atoms with E-state index < -0.39 is 0 Å². The van der Waals surface area contributed by atoms with E-state index in [-0.39, 0.29) is 5.91 Å². The lowest BCUT2D eigenvalue weighted by Crippen LogP contribution is -2.17. The Balaban J connectivity index is 1.76. The summed E-state index contributed by atoms with van der Waals surface area (Å²) in [7, 11) is 2.08. The second-order valence-electron chi connectivity index (χ2n) is 5.98.